The van der Waals surface area contributed by atoms with Crippen molar-refractivity contribution in [3.05, 3.63) is 40.5 Å². The maximum absolute atomic E-state index is 6.55. The van der Waals surface area contributed by atoms with Gasteiger partial charge in [-0.25, -0.2) is 9.97 Å². The Bertz CT molecular complexity index is 1030. The van der Waals surface area contributed by atoms with Crippen LogP contribution in [0.5, 0.6) is 11.5 Å². The fourth-order valence-electron chi connectivity index (χ4n) is 3.63. The van der Waals surface area contributed by atoms with E-state index >= 15 is 0 Å². The molecule has 0 aliphatic carbocycles. The van der Waals surface area contributed by atoms with Crippen molar-refractivity contribution in [2.24, 2.45) is 0 Å². The molecule has 0 saturated carbocycles. The summed E-state index contributed by atoms with van der Waals surface area (Å²) in [7, 11) is 3.11. The molecule has 2 aromatic carbocycles. The van der Waals surface area contributed by atoms with Crippen LogP contribution in [-0.4, -0.2) is 42.8 Å². The van der Waals surface area contributed by atoms with Crippen molar-refractivity contribution < 1.29 is 9.47 Å². The summed E-state index contributed by atoms with van der Waals surface area (Å²) >= 11 is 13.1. The van der Waals surface area contributed by atoms with Gasteiger partial charge in [-0.05, 0) is 31.0 Å². The molecule has 8 heteroatoms. The predicted octanol–water partition coefficient (Wildman–Crippen LogP) is 4.78. The van der Waals surface area contributed by atoms with Crippen molar-refractivity contribution in [2.75, 3.05) is 26.1 Å². The van der Waals surface area contributed by atoms with E-state index in [-0.39, 0.29) is 0 Å². The fourth-order valence-corrected chi connectivity index (χ4v) is 4.35. The molecule has 0 bridgehead atoms. The van der Waals surface area contributed by atoms with Crippen LogP contribution in [0.4, 0.5) is 5.95 Å². The molecule has 1 fully saturated rings. The summed E-state index contributed by atoms with van der Waals surface area (Å²) in [5, 5.41) is 8.57. The van der Waals surface area contributed by atoms with Gasteiger partial charge in [-0.1, -0.05) is 29.3 Å². The number of anilines is 1. The van der Waals surface area contributed by atoms with Gasteiger partial charge in [-0.3, -0.25) is 0 Å². The van der Waals surface area contributed by atoms with E-state index in [2.05, 4.69) is 27.5 Å². The summed E-state index contributed by atoms with van der Waals surface area (Å²) in [6.07, 6.45) is 2.86. The highest BCUT2D eigenvalue weighted by Gasteiger charge is 2.21. The highest BCUT2D eigenvalue weighted by molar-refractivity contribution is 6.41. The maximum atomic E-state index is 6.55. The predicted molar refractivity (Wildman–Crippen MR) is 118 cm³/mol. The average Bonchev–Trinajstić information content (AvgIpc) is 3.13. The van der Waals surface area contributed by atoms with Gasteiger partial charge in [0.15, 0.2) is 0 Å². The first-order valence-corrected chi connectivity index (χ1v) is 10.1. The van der Waals surface area contributed by atoms with E-state index in [0.29, 0.717) is 45.1 Å². The first-order chi connectivity index (χ1) is 14.0. The Morgan fingerprint density at radius 3 is 2.45 bits per heavy atom. The van der Waals surface area contributed by atoms with Gasteiger partial charge < -0.3 is 20.1 Å². The molecule has 2 atom stereocenters. The highest BCUT2D eigenvalue weighted by atomic mass is 35.5. The molecule has 1 saturated heterocycles. The molecule has 152 valence electrons. The van der Waals surface area contributed by atoms with E-state index in [9.17, 15) is 0 Å². The van der Waals surface area contributed by atoms with Crippen LogP contribution in [-0.2, 0) is 0 Å². The van der Waals surface area contributed by atoms with Crippen molar-refractivity contribution >= 4 is 40.1 Å². The molecule has 2 heterocycles. The van der Waals surface area contributed by atoms with Crippen molar-refractivity contribution in [1.82, 2.24) is 15.3 Å². The number of hydrogen-bond acceptors (Lipinski definition) is 6. The Morgan fingerprint density at radius 1 is 1.10 bits per heavy atom. The number of hydrogen-bond donors (Lipinski definition) is 2. The number of aromatic nitrogens is 2. The first-order valence-electron chi connectivity index (χ1n) is 9.37. The molecule has 1 aliphatic heterocycles. The molecule has 0 radical (unpaired) electrons. The van der Waals surface area contributed by atoms with Gasteiger partial charge in [-0.2, -0.15) is 0 Å². The number of methoxy groups -OCH3 is 2. The average molecular weight is 433 g/mol. The van der Waals surface area contributed by atoms with E-state index < -0.39 is 0 Å². The van der Waals surface area contributed by atoms with Crippen LogP contribution in [0.25, 0.3) is 22.0 Å². The molecule has 0 spiro atoms. The minimum atomic E-state index is 0.337. The molecule has 1 aromatic heterocycles. The van der Waals surface area contributed by atoms with E-state index in [0.717, 1.165) is 29.4 Å². The van der Waals surface area contributed by atoms with Gasteiger partial charge in [-0.15, -0.1) is 0 Å². The summed E-state index contributed by atoms with van der Waals surface area (Å²) in [6.45, 7) is 3.09. The number of nitrogens with one attached hydrogen (secondary N) is 2. The Labute approximate surface area is 179 Å². The lowest BCUT2D eigenvalue weighted by atomic mass is 10.0. The van der Waals surface area contributed by atoms with E-state index in [4.69, 9.17) is 32.7 Å². The summed E-state index contributed by atoms with van der Waals surface area (Å²) in [4.78, 5) is 9.12. The molecule has 4 rings (SSSR count). The Kier molecular flexibility index (Phi) is 5.67. The third-order valence-corrected chi connectivity index (χ3v) is 5.88. The monoisotopic (exact) mass is 432 g/mol. The van der Waals surface area contributed by atoms with Crippen molar-refractivity contribution in [1.29, 1.82) is 0 Å². The van der Waals surface area contributed by atoms with Crippen LogP contribution in [0, 0.1) is 0 Å². The zero-order chi connectivity index (χ0) is 20.5. The number of fused-ring (bicyclic) bond motifs is 1. The molecule has 6 nitrogen and oxygen atoms in total. The molecule has 1 aliphatic rings. The van der Waals surface area contributed by atoms with Gasteiger partial charge in [0.1, 0.15) is 11.5 Å². The summed E-state index contributed by atoms with van der Waals surface area (Å²) in [6, 6.07) is 8.35. The molecule has 2 N–H and O–H groups in total. The second kappa shape index (κ2) is 8.22. The SMILES string of the molecule is COc1cc(OC)c(Cl)c(-c2ccc3nc(N[C@@H]4CN[C@H](C)C4)ncc3c2)c1Cl. The normalized spacial score (nSPS) is 18.8. The fraction of sp³-hybridized carbons (Fsp3) is 0.333. The topological polar surface area (TPSA) is 68.3 Å². The standard InChI is InChI=1S/C21H22Cl2N4O2/c1-11-6-14(10-24-11)26-21-25-9-13-7-12(4-5-15(13)27-21)18-19(22)16(28-2)8-17(29-3)20(18)23/h4-5,7-9,11,14,24H,6,10H2,1-3H3,(H,25,26,27)/t11-,14+/m1/s1. The smallest absolute Gasteiger partial charge is 0.223 e. The highest BCUT2D eigenvalue weighted by Crippen LogP contribution is 2.46. The first kappa shape index (κ1) is 20.0. The quantitative estimate of drug-likeness (QED) is 0.604. The lowest BCUT2D eigenvalue weighted by molar-refractivity contribution is 0.395. The number of halogens is 2. The zero-order valence-corrected chi connectivity index (χ0v) is 17.9. The lowest BCUT2D eigenvalue weighted by Gasteiger charge is -2.15. The zero-order valence-electron chi connectivity index (χ0n) is 16.4. The van der Waals surface area contributed by atoms with Crippen molar-refractivity contribution in [3.8, 4) is 22.6 Å². The lowest BCUT2D eigenvalue weighted by Crippen LogP contribution is -2.23. The Morgan fingerprint density at radius 2 is 1.83 bits per heavy atom. The van der Waals surface area contributed by atoms with Gasteiger partial charge in [0.05, 0.1) is 29.8 Å². The minimum absolute atomic E-state index is 0.337. The second-order valence-electron chi connectivity index (χ2n) is 7.14. The van der Waals surface area contributed by atoms with E-state index in [1.54, 1.807) is 26.5 Å². The van der Waals surface area contributed by atoms with Crippen LogP contribution in [0.2, 0.25) is 10.0 Å². The third kappa shape index (κ3) is 3.92. The van der Waals surface area contributed by atoms with Crippen LogP contribution in [0.15, 0.2) is 30.5 Å². The number of rotatable bonds is 5. The van der Waals surface area contributed by atoms with Crippen LogP contribution in [0.3, 0.4) is 0 Å². The van der Waals surface area contributed by atoms with Crippen LogP contribution in [0.1, 0.15) is 13.3 Å². The molecular weight excluding hydrogens is 411 g/mol. The van der Waals surface area contributed by atoms with E-state index in [1.165, 1.54) is 0 Å². The van der Waals surface area contributed by atoms with Crippen molar-refractivity contribution in [3.63, 3.8) is 0 Å². The molecule has 29 heavy (non-hydrogen) atoms. The molecule has 0 unspecified atom stereocenters. The molecule has 0 amide bonds. The largest absolute Gasteiger partial charge is 0.495 e. The number of benzene rings is 2. The Balaban J connectivity index is 1.70. The number of nitrogens with zero attached hydrogens (tertiary/aromatic N) is 2. The molecule has 3 aromatic rings. The van der Waals surface area contributed by atoms with Crippen molar-refractivity contribution in [2.45, 2.75) is 25.4 Å². The maximum Gasteiger partial charge on any atom is 0.223 e. The summed E-state index contributed by atoms with van der Waals surface area (Å²) < 4.78 is 10.7. The third-order valence-electron chi connectivity index (χ3n) is 5.13. The Hall–Kier alpha value is -2.28. The van der Waals surface area contributed by atoms with Gasteiger partial charge >= 0.3 is 0 Å². The van der Waals surface area contributed by atoms with Crippen LogP contribution < -0.4 is 20.1 Å². The van der Waals surface area contributed by atoms with Crippen LogP contribution >= 0.6 is 23.2 Å². The minimum Gasteiger partial charge on any atom is -0.495 e. The van der Waals surface area contributed by atoms with Gasteiger partial charge in [0, 0.05) is 41.8 Å². The van der Waals surface area contributed by atoms with Gasteiger partial charge in [0.2, 0.25) is 5.95 Å². The molecular formula is C21H22Cl2N4O2. The summed E-state index contributed by atoms with van der Waals surface area (Å²) in [5.41, 5.74) is 2.33. The number of ether oxygens (including phenoxy) is 2. The second-order valence-corrected chi connectivity index (χ2v) is 7.89. The van der Waals surface area contributed by atoms with E-state index in [1.807, 2.05) is 18.2 Å². The van der Waals surface area contributed by atoms with Gasteiger partial charge in [0.25, 0.3) is 0 Å². The summed E-state index contributed by atoms with van der Waals surface area (Å²) in [5.74, 6) is 1.63.